The summed E-state index contributed by atoms with van der Waals surface area (Å²) < 4.78 is 17.0. The Morgan fingerprint density at radius 2 is 1.88 bits per heavy atom. The highest BCUT2D eigenvalue weighted by molar-refractivity contribution is 4.97. The van der Waals surface area contributed by atoms with Crippen LogP contribution in [0.4, 0.5) is 0 Å². The van der Waals surface area contributed by atoms with E-state index in [4.69, 9.17) is 14.2 Å². The number of rotatable bonds is 2. The SMILES string of the molecule is CC1(NC2CCOC3(CCOC3)C2)CCOC1. The molecule has 98 valence electrons. The number of nitrogens with one attached hydrogen (secondary N) is 1. The maximum atomic E-state index is 5.96. The standard InChI is InChI=1S/C13H23NO3/c1-12(3-6-15-9-12)14-11-2-5-17-13(8-11)4-7-16-10-13/h11,14H,2-10H2,1H3. The van der Waals surface area contributed by atoms with Crippen LogP contribution in [0.1, 0.15) is 32.6 Å². The van der Waals surface area contributed by atoms with E-state index in [9.17, 15) is 0 Å². The van der Waals surface area contributed by atoms with Crippen LogP contribution >= 0.6 is 0 Å². The van der Waals surface area contributed by atoms with Crippen molar-refractivity contribution in [3.8, 4) is 0 Å². The van der Waals surface area contributed by atoms with E-state index in [0.717, 1.165) is 58.7 Å². The molecule has 17 heavy (non-hydrogen) atoms. The van der Waals surface area contributed by atoms with Gasteiger partial charge >= 0.3 is 0 Å². The lowest BCUT2D eigenvalue weighted by Crippen LogP contribution is -2.54. The summed E-state index contributed by atoms with van der Waals surface area (Å²) in [5.41, 5.74) is 0.175. The van der Waals surface area contributed by atoms with Crippen molar-refractivity contribution in [2.24, 2.45) is 0 Å². The Balaban J connectivity index is 1.60. The van der Waals surface area contributed by atoms with Crippen LogP contribution in [-0.4, -0.2) is 50.2 Å². The van der Waals surface area contributed by atoms with Gasteiger partial charge in [0, 0.05) is 37.8 Å². The summed E-state index contributed by atoms with van der Waals surface area (Å²) in [6.45, 7) is 6.49. The normalized spacial score (nSPS) is 46.8. The quantitative estimate of drug-likeness (QED) is 0.785. The first kappa shape index (κ1) is 11.9. The summed E-state index contributed by atoms with van der Waals surface area (Å²) in [5, 5.41) is 3.78. The highest BCUT2D eigenvalue weighted by atomic mass is 16.6. The Morgan fingerprint density at radius 3 is 2.59 bits per heavy atom. The molecule has 0 radical (unpaired) electrons. The van der Waals surface area contributed by atoms with E-state index in [2.05, 4.69) is 12.2 Å². The smallest absolute Gasteiger partial charge is 0.0951 e. The van der Waals surface area contributed by atoms with Crippen molar-refractivity contribution in [1.29, 1.82) is 0 Å². The molecule has 0 bridgehead atoms. The zero-order valence-corrected chi connectivity index (χ0v) is 10.7. The fourth-order valence-electron chi connectivity index (χ4n) is 3.29. The third kappa shape index (κ3) is 2.50. The van der Waals surface area contributed by atoms with Gasteiger partial charge in [-0.15, -0.1) is 0 Å². The van der Waals surface area contributed by atoms with Gasteiger partial charge < -0.3 is 19.5 Å². The van der Waals surface area contributed by atoms with Crippen molar-refractivity contribution in [1.82, 2.24) is 5.32 Å². The summed E-state index contributed by atoms with van der Waals surface area (Å²) in [4.78, 5) is 0. The molecule has 1 spiro atoms. The predicted octanol–water partition coefficient (Wildman–Crippen LogP) is 1.09. The molecule has 1 N–H and O–H groups in total. The van der Waals surface area contributed by atoms with Crippen LogP contribution in [-0.2, 0) is 14.2 Å². The molecule has 3 rings (SSSR count). The van der Waals surface area contributed by atoms with Crippen molar-refractivity contribution in [2.75, 3.05) is 33.0 Å². The third-order valence-corrected chi connectivity index (χ3v) is 4.33. The Morgan fingerprint density at radius 1 is 1.06 bits per heavy atom. The topological polar surface area (TPSA) is 39.7 Å². The van der Waals surface area contributed by atoms with Gasteiger partial charge in [0.25, 0.3) is 0 Å². The van der Waals surface area contributed by atoms with E-state index < -0.39 is 0 Å². The molecule has 0 aromatic carbocycles. The molecule has 4 heteroatoms. The van der Waals surface area contributed by atoms with Crippen molar-refractivity contribution in [3.63, 3.8) is 0 Å². The van der Waals surface area contributed by atoms with Crippen LogP contribution in [0.15, 0.2) is 0 Å². The monoisotopic (exact) mass is 241 g/mol. The second-order valence-electron chi connectivity index (χ2n) is 6.03. The summed E-state index contributed by atoms with van der Waals surface area (Å²) in [7, 11) is 0. The maximum Gasteiger partial charge on any atom is 0.0951 e. The molecule has 3 heterocycles. The number of hydrogen-bond donors (Lipinski definition) is 1. The van der Waals surface area contributed by atoms with Crippen molar-refractivity contribution in [2.45, 2.75) is 49.8 Å². The van der Waals surface area contributed by atoms with E-state index in [1.54, 1.807) is 0 Å². The van der Waals surface area contributed by atoms with Crippen molar-refractivity contribution >= 4 is 0 Å². The minimum Gasteiger partial charge on any atom is -0.379 e. The molecule has 3 atom stereocenters. The summed E-state index contributed by atoms with van der Waals surface area (Å²) in [6, 6.07) is 0.553. The number of ether oxygens (including phenoxy) is 3. The average Bonchev–Trinajstić information content (AvgIpc) is 2.89. The molecule has 3 aliphatic rings. The van der Waals surface area contributed by atoms with Crippen LogP contribution in [0.5, 0.6) is 0 Å². The van der Waals surface area contributed by atoms with Gasteiger partial charge in [-0.05, 0) is 26.2 Å². The molecule has 3 aliphatic heterocycles. The van der Waals surface area contributed by atoms with Gasteiger partial charge in [-0.1, -0.05) is 0 Å². The van der Waals surface area contributed by atoms with E-state index >= 15 is 0 Å². The Hall–Kier alpha value is -0.160. The molecule has 0 aromatic rings. The zero-order valence-electron chi connectivity index (χ0n) is 10.7. The van der Waals surface area contributed by atoms with Gasteiger partial charge in [0.05, 0.1) is 18.8 Å². The lowest BCUT2D eigenvalue weighted by Gasteiger charge is -2.40. The first-order chi connectivity index (χ1) is 8.20. The van der Waals surface area contributed by atoms with E-state index in [1.165, 1.54) is 0 Å². The first-order valence-corrected chi connectivity index (χ1v) is 6.77. The second-order valence-corrected chi connectivity index (χ2v) is 6.03. The van der Waals surface area contributed by atoms with Gasteiger partial charge in [-0.25, -0.2) is 0 Å². The first-order valence-electron chi connectivity index (χ1n) is 6.77. The number of hydrogen-bond acceptors (Lipinski definition) is 4. The molecule has 0 aromatic heterocycles. The molecule has 4 nitrogen and oxygen atoms in total. The Bertz CT molecular complexity index is 268. The Labute approximate surface area is 103 Å². The third-order valence-electron chi connectivity index (χ3n) is 4.33. The average molecular weight is 241 g/mol. The highest BCUT2D eigenvalue weighted by Crippen LogP contribution is 2.34. The van der Waals surface area contributed by atoms with Crippen molar-refractivity contribution < 1.29 is 14.2 Å². The summed E-state index contributed by atoms with van der Waals surface area (Å²) in [5.74, 6) is 0. The van der Waals surface area contributed by atoms with Gasteiger partial charge in [0.15, 0.2) is 0 Å². The van der Waals surface area contributed by atoms with Gasteiger partial charge in [-0.3, -0.25) is 0 Å². The van der Waals surface area contributed by atoms with Crippen LogP contribution in [0, 0.1) is 0 Å². The lowest BCUT2D eigenvalue weighted by atomic mass is 9.88. The lowest BCUT2D eigenvalue weighted by molar-refractivity contribution is -0.0921. The van der Waals surface area contributed by atoms with Crippen molar-refractivity contribution in [3.05, 3.63) is 0 Å². The molecular formula is C13H23NO3. The van der Waals surface area contributed by atoms with Crippen LogP contribution in [0.25, 0.3) is 0 Å². The van der Waals surface area contributed by atoms with E-state index in [0.29, 0.717) is 6.04 Å². The molecule has 3 saturated heterocycles. The van der Waals surface area contributed by atoms with Gasteiger partial charge in [0.2, 0.25) is 0 Å². The van der Waals surface area contributed by atoms with Gasteiger partial charge in [0.1, 0.15) is 0 Å². The van der Waals surface area contributed by atoms with E-state index in [1.807, 2.05) is 0 Å². The maximum absolute atomic E-state index is 5.96. The fraction of sp³-hybridized carbons (Fsp3) is 1.00. The summed E-state index contributed by atoms with van der Waals surface area (Å²) in [6.07, 6.45) is 4.37. The Kier molecular flexibility index (Phi) is 3.15. The fourth-order valence-corrected chi connectivity index (χ4v) is 3.29. The summed E-state index contributed by atoms with van der Waals surface area (Å²) >= 11 is 0. The van der Waals surface area contributed by atoms with Crippen LogP contribution in [0.3, 0.4) is 0 Å². The predicted molar refractivity (Wildman–Crippen MR) is 64.1 cm³/mol. The van der Waals surface area contributed by atoms with Crippen LogP contribution < -0.4 is 5.32 Å². The highest BCUT2D eigenvalue weighted by Gasteiger charge is 2.43. The second kappa shape index (κ2) is 4.50. The minimum absolute atomic E-state index is 0.00569. The molecule has 0 saturated carbocycles. The van der Waals surface area contributed by atoms with E-state index in [-0.39, 0.29) is 11.1 Å². The molecule has 3 unspecified atom stereocenters. The zero-order chi connectivity index (χ0) is 11.8. The molecule has 0 aliphatic carbocycles. The minimum atomic E-state index is 0.00569. The molecular weight excluding hydrogens is 218 g/mol. The largest absolute Gasteiger partial charge is 0.379 e. The molecule has 0 amide bonds. The molecule has 3 fully saturated rings. The van der Waals surface area contributed by atoms with Crippen LogP contribution in [0.2, 0.25) is 0 Å². The van der Waals surface area contributed by atoms with Gasteiger partial charge in [-0.2, -0.15) is 0 Å².